The van der Waals surface area contributed by atoms with E-state index in [2.05, 4.69) is 26.7 Å². The van der Waals surface area contributed by atoms with Crippen LogP contribution in [0, 0.1) is 46.8 Å². The van der Waals surface area contributed by atoms with Crippen LogP contribution in [0.25, 0.3) is 0 Å². The fraction of sp³-hybridized carbons (Fsp3) is 0.773. The topological polar surface area (TPSA) is 17.1 Å². The first-order chi connectivity index (χ1) is 10.9. The molecule has 0 aromatic heterocycles. The smallest absolute Gasteiger partial charge is 0.139 e. The molecule has 4 rings (SSSR count). The van der Waals surface area contributed by atoms with Gasteiger partial charge in [-0.15, -0.1) is 12.3 Å². The van der Waals surface area contributed by atoms with Gasteiger partial charge in [0.1, 0.15) is 5.78 Å². The summed E-state index contributed by atoms with van der Waals surface area (Å²) >= 11 is 0. The second-order valence-corrected chi connectivity index (χ2v) is 9.28. The molecular formula is C22H30O. The summed E-state index contributed by atoms with van der Waals surface area (Å²) in [6.45, 7) is 7.15. The molecule has 0 amide bonds. The Morgan fingerprint density at radius 1 is 1.04 bits per heavy atom. The van der Waals surface area contributed by atoms with Crippen LogP contribution >= 0.6 is 0 Å². The molecule has 0 aliphatic heterocycles. The van der Waals surface area contributed by atoms with Crippen molar-refractivity contribution in [3.8, 4) is 12.3 Å². The maximum Gasteiger partial charge on any atom is 0.139 e. The standard InChI is InChI=1S/C22H30O/c1-5-15-8-10-21(3)18-9-11-22(4)17(6-7-20(22)23)16(18)12-14(2)19(21)13-15/h1,15-18H,6-13H2,2-4H3/t15-,16-,17-,18-,21+,22-/m0/s1. The Kier molecular flexibility index (Phi) is 3.36. The third-order valence-electron chi connectivity index (χ3n) is 8.41. The second-order valence-electron chi connectivity index (χ2n) is 9.28. The molecule has 4 aliphatic rings. The third kappa shape index (κ3) is 1.97. The number of Topliss-reactive ketones (excluding diaryl/α,β-unsaturated/α-hetero) is 1. The van der Waals surface area contributed by atoms with Crippen molar-refractivity contribution in [2.75, 3.05) is 0 Å². The van der Waals surface area contributed by atoms with Gasteiger partial charge in [0.2, 0.25) is 0 Å². The molecule has 0 N–H and O–H groups in total. The van der Waals surface area contributed by atoms with Crippen LogP contribution in [0.1, 0.15) is 72.1 Å². The Balaban J connectivity index is 1.73. The van der Waals surface area contributed by atoms with Gasteiger partial charge in [0.15, 0.2) is 0 Å². The van der Waals surface area contributed by atoms with Crippen molar-refractivity contribution in [1.29, 1.82) is 0 Å². The van der Waals surface area contributed by atoms with E-state index in [0.717, 1.165) is 37.5 Å². The van der Waals surface area contributed by atoms with Crippen LogP contribution in [0.3, 0.4) is 0 Å². The molecule has 1 heteroatoms. The van der Waals surface area contributed by atoms with Gasteiger partial charge in [-0.3, -0.25) is 4.79 Å². The highest BCUT2D eigenvalue weighted by molar-refractivity contribution is 5.87. The van der Waals surface area contributed by atoms with Crippen LogP contribution in [0.4, 0.5) is 0 Å². The average Bonchev–Trinajstić information content (AvgIpc) is 2.83. The summed E-state index contributed by atoms with van der Waals surface area (Å²) in [7, 11) is 0. The van der Waals surface area contributed by atoms with E-state index in [1.165, 1.54) is 25.7 Å². The van der Waals surface area contributed by atoms with Gasteiger partial charge in [0, 0.05) is 17.8 Å². The van der Waals surface area contributed by atoms with E-state index in [9.17, 15) is 4.79 Å². The molecule has 1 nitrogen and oxygen atoms in total. The van der Waals surface area contributed by atoms with Crippen LogP contribution in [-0.4, -0.2) is 5.78 Å². The number of hydrogen-bond donors (Lipinski definition) is 0. The largest absolute Gasteiger partial charge is 0.299 e. The molecule has 0 bridgehead atoms. The van der Waals surface area contributed by atoms with E-state index >= 15 is 0 Å². The zero-order valence-corrected chi connectivity index (χ0v) is 15.0. The van der Waals surface area contributed by atoms with Gasteiger partial charge in [0.25, 0.3) is 0 Å². The molecule has 3 saturated carbocycles. The van der Waals surface area contributed by atoms with Crippen LogP contribution in [0.2, 0.25) is 0 Å². The molecule has 0 radical (unpaired) electrons. The molecule has 6 atom stereocenters. The van der Waals surface area contributed by atoms with Crippen molar-refractivity contribution >= 4 is 5.78 Å². The van der Waals surface area contributed by atoms with E-state index in [4.69, 9.17) is 6.42 Å². The van der Waals surface area contributed by atoms with Crippen molar-refractivity contribution < 1.29 is 4.79 Å². The monoisotopic (exact) mass is 310 g/mol. The predicted octanol–water partition coefficient (Wildman–Crippen LogP) is 5.16. The lowest BCUT2D eigenvalue weighted by Gasteiger charge is -2.58. The summed E-state index contributed by atoms with van der Waals surface area (Å²) < 4.78 is 0. The van der Waals surface area contributed by atoms with E-state index in [1.54, 1.807) is 11.1 Å². The Morgan fingerprint density at radius 3 is 2.48 bits per heavy atom. The number of fused-ring (bicyclic) bond motifs is 5. The van der Waals surface area contributed by atoms with Crippen molar-refractivity contribution in [3.05, 3.63) is 11.1 Å². The zero-order chi connectivity index (χ0) is 16.4. The first-order valence-electron chi connectivity index (χ1n) is 9.58. The van der Waals surface area contributed by atoms with Gasteiger partial charge in [0.05, 0.1) is 0 Å². The SMILES string of the molecule is C#C[C@H]1CC[C@@]2(C)C(=C(C)C[C@@H]3[C@@H]2CC[C@]2(C)C(=O)CC[C@@H]32)C1. The zero-order valence-electron chi connectivity index (χ0n) is 15.0. The summed E-state index contributed by atoms with van der Waals surface area (Å²) in [5, 5.41) is 0. The number of allylic oxidation sites excluding steroid dienone is 2. The highest BCUT2D eigenvalue weighted by Gasteiger charge is 2.59. The fourth-order valence-electron chi connectivity index (χ4n) is 7.03. The highest BCUT2D eigenvalue weighted by Crippen LogP contribution is 2.65. The molecule has 0 heterocycles. The molecule has 0 aromatic rings. The lowest BCUT2D eigenvalue weighted by atomic mass is 9.46. The summed E-state index contributed by atoms with van der Waals surface area (Å²) in [4.78, 5) is 12.5. The van der Waals surface area contributed by atoms with Gasteiger partial charge < -0.3 is 0 Å². The van der Waals surface area contributed by atoms with E-state index in [1.807, 2.05) is 0 Å². The number of carbonyl (C=O) groups excluding carboxylic acids is 1. The van der Waals surface area contributed by atoms with Crippen molar-refractivity contribution in [1.82, 2.24) is 0 Å². The van der Waals surface area contributed by atoms with Crippen LogP contribution < -0.4 is 0 Å². The van der Waals surface area contributed by atoms with Gasteiger partial charge in [-0.1, -0.05) is 25.0 Å². The van der Waals surface area contributed by atoms with Gasteiger partial charge in [-0.25, -0.2) is 0 Å². The lowest BCUT2D eigenvalue weighted by molar-refractivity contribution is -0.132. The molecule has 0 spiro atoms. The molecule has 0 saturated heterocycles. The van der Waals surface area contributed by atoms with E-state index in [0.29, 0.717) is 23.0 Å². The normalized spacial score (nSPS) is 49.2. The van der Waals surface area contributed by atoms with Gasteiger partial charge in [-0.2, -0.15) is 0 Å². The third-order valence-corrected chi connectivity index (χ3v) is 8.41. The van der Waals surface area contributed by atoms with Gasteiger partial charge >= 0.3 is 0 Å². The molecule has 0 aromatic carbocycles. The summed E-state index contributed by atoms with van der Waals surface area (Å²) in [5.74, 6) is 6.16. The quantitative estimate of drug-likeness (QED) is 0.446. The maximum absolute atomic E-state index is 12.5. The van der Waals surface area contributed by atoms with E-state index in [-0.39, 0.29) is 5.41 Å². The van der Waals surface area contributed by atoms with Crippen LogP contribution in [-0.2, 0) is 4.79 Å². The Labute approximate surface area is 141 Å². The highest BCUT2D eigenvalue weighted by atomic mass is 16.1. The second kappa shape index (κ2) is 4.98. The molecule has 0 unspecified atom stereocenters. The number of carbonyl (C=O) groups is 1. The van der Waals surface area contributed by atoms with E-state index < -0.39 is 0 Å². The van der Waals surface area contributed by atoms with Crippen molar-refractivity contribution in [2.45, 2.75) is 72.1 Å². The minimum absolute atomic E-state index is 0.00860. The molecule has 4 aliphatic carbocycles. The van der Waals surface area contributed by atoms with Crippen LogP contribution in [0.5, 0.6) is 0 Å². The summed E-state index contributed by atoms with van der Waals surface area (Å²) in [6, 6.07) is 0. The predicted molar refractivity (Wildman–Crippen MR) is 93.7 cm³/mol. The van der Waals surface area contributed by atoms with Crippen molar-refractivity contribution in [2.24, 2.45) is 34.5 Å². The minimum Gasteiger partial charge on any atom is -0.299 e. The average molecular weight is 310 g/mol. The maximum atomic E-state index is 12.5. The van der Waals surface area contributed by atoms with Gasteiger partial charge in [-0.05, 0) is 75.0 Å². The fourth-order valence-corrected chi connectivity index (χ4v) is 7.03. The Bertz CT molecular complexity index is 620. The minimum atomic E-state index is -0.00860. The Morgan fingerprint density at radius 2 is 1.74 bits per heavy atom. The number of terminal acetylenes is 1. The summed E-state index contributed by atoms with van der Waals surface area (Å²) in [6.07, 6.45) is 14.9. The first-order valence-corrected chi connectivity index (χ1v) is 9.58. The summed E-state index contributed by atoms with van der Waals surface area (Å²) in [5.41, 5.74) is 3.65. The molecule has 3 fully saturated rings. The number of rotatable bonds is 0. The number of ketones is 1. The molecular weight excluding hydrogens is 280 g/mol. The molecule has 124 valence electrons. The lowest BCUT2D eigenvalue weighted by Crippen LogP contribution is -2.50. The Hall–Kier alpha value is -1.03. The molecule has 23 heavy (non-hydrogen) atoms. The van der Waals surface area contributed by atoms with Crippen LogP contribution in [0.15, 0.2) is 11.1 Å². The van der Waals surface area contributed by atoms with Crippen molar-refractivity contribution in [3.63, 3.8) is 0 Å². The first kappa shape index (κ1) is 15.5. The number of hydrogen-bond acceptors (Lipinski definition) is 1.